The molecule has 1 saturated heterocycles. The van der Waals surface area contributed by atoms with Crippen LogP contribution in [0.4, 0.5) is 5.82 Å². The molecule has 0 spiro atoms. The first-order chi connectivity index (χ1) is 7.68. The molecule has 2 heterocycles. The molecule has 0 unspecified atom stereocenters. The first kappa shape index (κ1) is 11.7. The van der Waals surface area contributed by atoms with Gasteiger partial charge in [-0.2, -0.15) is 0 Å². The smallest absolute Gasteiger partial charge is 0.423 e. The van der Waals surface area contributed by atoms with Gasteiger partial charge in [0, 0.05) is 24.7 Å². The highest BCUT2D eigenvalue weighted by molar-refractivity contribution is 6.59. The van der Waals surface area contributed by atoms with Crippen molar-refractivity contribution in [1.29, 1.82) is 0 Å². The van der Waals surface area contributed by atoms with Gasteiger partial charge in [0.2, 0.25) is 0 Å². The zero-order valence-electron chi connectivity index (χ0n) is 8.64. The molecule has 1 aromatic rings. The maximum absolute atomic E-state index is 8.97. The van der Waals surface area contributed by atoms with Crippen molar-refractivity contribution in [2.45, 2.75) is 0 Å². The fraction of sp³-hybridized carbons (Fsp3) is 0.444. The van der Waals surface area contributed by atoms with Gasteiger partial charge in [0.05, 0.1) is 18.2 Å². The highest BCUT2D eigenvalue weighted by Crippen LogP contribution is 2.22. The summed E-state index contributed by atoms with van der Waals surface area (Å²) in [5.41, 5.74) is 0.294. The summed E-state index contributed by atoms with van der Waals surface area (Å²) in [7, 11) is -1.54. The lowest BCUT2D eigenvalue weighted by molar-refractivity contribution is 0.122. The average Bonchev–Trinajstić information content (AvgIpc) is 2.30. The summed E-state index contributed by atoms with van der Waals surface area (Å²) in [6, 6.07) is 1.52. The zero-order valence-corrected chi connectivity index (χ0v) is 9.39. The quantitative estimate of drug-likeness (QED) is 0.668. The van der Waals surface area contributed by atoms with Crippen molar-refractivity contribution in [2.24, 2.45) is 0 Å². The summed E-state index contributed by atoms with van der Waals surface area (Å²) in [6.45, 7) is 2.80. The van der Waals surface area contributed by atoms with Gasteiger partial charge >= 0.3 is 7.12 Å². The van der Waals surface area contributed by atoms with Crippen LogP contribution in [0.15, 0.2) is 12.3 Å². The van der Waals surface area contributed by atoms with Crippen molar-refractivity contribution in [2.75, 3.05) is 31.2 Å². The highest BCUT2D eigenvalue weighted by Gasteiger charge is 2.18. The van der Waals surface area contributed by atoms with E-state index in [2.05, 4.69) is 4.98 Å². The molecule has 0 aliphatic carbocycles. The zero-order chi connectivity index (χ0) is 11.5. The molecule has 16 heavy (non-hydrogen) atoms. The van der Waals surface area contributed by atoms with E-state index >= 15 is 0 Å². The van der Waals surface area contributed by atoms with Crippen LogP contribution >= 0.6 is 11.6 Å². The van der Waals surface area contributed by atoms with Gasteiger partial charge < -0.3 is 19.7 Å². The van der Waals surface area contributed by atoms with Gasteiger partial charge in [0.1, 0.15) is 5.82 Å². The predicted molar refractivity (Wildman–Crippen MR) is 62.1 cm³/mol. The van der Waals surface area contributed by atoms with Crippen molar-refractivity contribution < 1.29 is 14.8 Å². The van der Waals surface area contributed by atoms with Gasteiger partial charge in [-0.1, -0.05) is 11.6 Å². The summed E-state index contributed by atoms with van der Waals surface area (Å²) in [5.74, 6) is 0.661. The van der Waals surface area contributed by atoms with Crippen LogP contribution in [0.25, 0.3) is 0 Å². The fourth-order valence-corrected chi connectivity index (χ4v) is 1.89. The number of pyridine rings is 1. The summed E-state index contributed by atoms with van der Waals surface area (Å²) >= 11 is 6.04. The Morgan fingerprint density at radius 3 is 2.62 bits per heavy atom. The van der Waals surface area contributed by atoms with Gasteiger partial charge in [-0.15, -0.1) is 0 Å². The van der Waals surface area contributed by atoms with Crippen LogP contribution in [0.3, 0.4) is 0 Å². The Morgan fingerprint density at radius 1 is 1.38 bits per heavy atom. The minimum Gasteiger partial charge on any atom is -0.423 e. The van der Waals surface area contributed by atoms with Gasteiger partial charge in [-0.05, 0) is 6.07 Å². The maximum atomic E-state index is 8.97. The van der Waals surface area contributed by atoms with E-state index in [-0.39, 0.29) is 0 Å². The molecule has 0 bridgehead atoms. The standard InChI is InChI=1S/C9H12BClN2O3/c11-8-5-7(10(14)15)6-12-9(8)13-1-3-16-4-2-13/h5-6,14-15H,1-4H2. The average molecular weight is 242 g/mol. The Balaban J connectivity index is 2.21. The molecule has 1 fully saturated rings. The molecule has 0 saturated carbocycles. The number of halogens is 1. The van der Waals surface area contributed by atoms with Crippen LogP contribution in [0.5, 0.6) is 0 Å². The van der Waals surface area contributed by atoms with Crippen LogP contribution in [0.1, 0.15) is 0 Å². The van der Waals surface area contributed by atoms with Gasteiger partial charge in [-0.25, -0.2) is 4.98 Å². The second-order valence-corrected chi connectivity index (χ2v) is 3.95. The van der Waals surface area contributed by atoms with Gasteiger partial charge in [0.25, 0.3) is 0 Å². The molecule has 1 aliphatic heterocycles. The van der Waals surface area contributed by atoms with E-state index in [0.29, 0.717) is 29.5 Å². The predicted octanol–water partition coefficient (Wildman–Crippen LogP) is -0.749. The Labute approximate surface area is 98.8 Å². The third-order valence-corrected chi connectivity index (χ3v) is 2.73. The number of hydrogen-bond donors (Lipinski definition) is 2. The largest absolute Gasteiger partial charge is 0.490 e. The van der Waals surface area contributed by atoms with Gasteiger partial charge in [-0.3, -0.25) is 0 Å². The Hall–Kier alpha value is -0.815. The van der Waals surface area contributed by atoms with E-state index in [9.17, 15) is 0 Å². The molecule has 2 rings (SSSR count). The molecular weight excluding hydrogens is 230 g/mol. The number of ether oxygens (including phenoxy) is 1. The molecule has 1 aromatic heterocycles. The van der Waals surface area contributed by atoms with Crippen molar-refractivity contribution >= 4 is 30.0 Å². The summed E-state index contributed by atoms with van der Waals surface area (Å²) < 4.78 is 5.23. The van der Waals surface area contributed by atoms with Crippen LogP contribution in [0, 0.1) is 0 Å². The van der Waals surface area contributed by atoms with Crippen LogP contribution < -0.4 is 10.4 Å². The van der Waals surface area contributed by atoms with E-state index in [1.165, 1.54) is 12.3 Å². The van der Waals surface area contributed by atoms with Crippen molar-refractivity contribution in [3.05, 3.63) is 17.3 Å². The topological polar surface area (TPSA) is 65.8 Å². The number of morpholine rings is 1. The van der Waals surface area contributed by atoms with E-state index in [0.717, 1.165) is 13.1 Å². The normalized spacial score (nSPS) is 16.3. The molecule has 5 nitrogen and oxygen atoms in total. The minimum absolute atomic E-state index is 0.294. The highest BCUT2D eigenvalue weighted by atomic mass is 35.5. The van der Waals surface area contributed by atoms with Crippen LogP contribution in [-0.2, 0) is 4.74 Å². The number of anilines is 1. The van der Waals surface area contributed by atoms with E-state index in [1.807, 2.05) is 4.90 Å². The molecule has 0 aromatic carbocycles. The third-order valence-electron chi connectivity index (χ3n) is 2.45. The summed E-state index contributed by atoms with van der Waals surface area (Å²) in [6.07, 6.45) is 1.42. The number of hydrogen-bond acceptors (Lipinski definition) is 5. The number of rotatable bonds is 2. The fourth-order valence-electron chi connectivity index (χ4n) is 1.59. The summed E-state index contributed by atoms with van der Waals surface area (Å²) in [5, 5.41) is 18.4. The molecule has 1 aliphatic rings. The Morgan fingerprint density at radius 2 is 2.06 bits per heavy atom. The van der Waals surface area contributed by atoms with E-state index in [4.69, 9.17) is 26.4 Å². The molecule has 7 heteroatoms. The monoisotopic (exact) mass is 242 g/mol. The molecule has 86 valence electrons. The Bertz CT molecular complexity index is 372. The molecule has 0 atom stereocenters. The maximum Gasteiger partial charge on any atom is 0.490 e. The van der Waals surface area contributed by atoms with Crippen LogP contribution in [0.2, 0.25) is 5.02 Å². The molecule has 0 amide bonds. The SMILES string of the molecule is OB(O)c1cnc(N2CCOCC2)c(Cl)c1. The number of nitrogens with zero attached hydrogens (tertiary/aromatic N) is 2. The first-order valence-electron chi connectivity index (χ1n) is 5.03. The lowest BCUT2D eigenvalue weighted by Crippen LogP contribution is -2.38. The van der Waals surface area contributed by atoms with Crippen molar-refractivity contribution in [3.8, 4) is 0 Å². The lowest BCUT2D eigenvalue weighted by Gasteiger charge is -2.28. The second-order valence-electron chi connectivity index (χ2n) is 3.55. The summed E-state index contributed by atoms with van der Waals surface area (Å²) in [4.78, 5) is 6.15. The molecular formula is C9H12BClN2O3. The van der Waals surface area contributed by atoms with E-state index < -0.39 is 7.12 Å². The third kappa shape index (κ3) is 2.46. The first-order valence-corrected chi connectivity index (χ1v) is 5.40. The van der Waals surface area contributed by atoms with Crippen molar-refractivity contribution in [1.82, 2.24) is 4.98 Å². The second kappa shape index (κ2) is 5.01. The van der Waals surface area contributed by atoms with Gasteiger partial charge in [0.15, 0.2) is 0 Å². The van der Waals surface area contributed by atoms with Crippen molar-refractivity contribution in [3.63, 3.8) is 0 Å². The molecule has 0 radical (unpaired) electrons. The van der Waals surface area contributed by atoms with E-state index in [1.54, 1.807) is 0 Å². The Kier molecular flexibility index (Phi) is 3.65. The number of aromatic nitrogens is 1. The molecule has 2 N–H and O–H groups in total. The van der Waals surface area contributed by atoms with Crippen LogP contribution in [-0.4, -0.2) is 48.5 Å². The lowest BCUT2D eigenvalue weighted by atomic mass is 9.82. The minimum atomic E-state index is -1.54.